The number of H-pyrrole nitrogens is 1. The predicted molar refractivity (Wildman–Crippen MR) is 103 cm³/mol. The molecule has 0 radical (unpaired) electrons. The average Bonchev–Trinajstić information content (AvgIpc) is 3.17. The van der Waals surface area contributed by atoms with Gasteiger partial charge in [-0.15, -0.1) is 0 Å². The summed E-state index contributed by atoms with van der Waals surface area (Å²) in [6.45, 7) is 1.63. The zero-order chi connectivity index (χ0) is 19.7. The summed E-state index contributed by atoms with van der Waals surface area (Å²) in [7, 11) is 0. The minimum Gasteiger partial charge on any atom is -0.459 e. The Balaban J connectivity index is 1.40. The smallest absolute Gasteiger partial charge is 0.338 e. The van der Waals surface area contributed by atoms with Crippen LogP contribution >= 0.6 is 0 Å². The minimum atomic E-state index is -0.660. The summed E-state index contributed by atoms with van der Waals surface area (Å²) in [4.78, 5) is 38.0. The first-order valence-corrected chi connectivity index (χ1v) is 8.83. The van der Waals surface area contributed by atoms with Gasteiger partial charge in [-0.2, -0.15) is 0 Å². The number of rotatable bonds is 4. The molecule has 2 heterocycles. The first-order valence-electron chi connectivity index (χ1n) is 8.83. The number of hydrogen-bond acceptors (Lipinski definition) is 5. The molecule has 1 aliphatic rings. The molecule has 2 atom stereocenters. The van der Waals surface area contributed by atoms with Crippen molar-refractivity contribution in [1.29, 1.82) is 0 Å². The van der Waals surface area contributed by atoms with E-state index in [4.69, 9.17) is 9.47 Å². The molecule has 0 saturated carbocycles. The van der Waals surface area contributed by atoms with Crippen molar-refractivity contribution in [2.75, 3.05) is 6.61 Å². The highest BCUT2D eigenvalue weighted by Crippen LogP contribution is 2.21. The van der Waals surface area contributed by atoms with E-state index in [1.54, 1.807) is 31.2 Å². The van der Waals surface area contributed by atoms with Crippen LogP contribution in [0.3, 0.4) is 0 Å². The number of aromatic nitrogens is 2. The maximum Gasteiger partial charge on any atom is 0.338 e. The molecule has 0 saturated heterocycles. The van der Waals surface area contributed by atoms with Crippen LogP contribution in [0.25, 0.3) is 10.8 Å². The summed E-state index contributed by atoms with van der Waals surface area (Å²) in [6, 6.07) is 13.1. The van der Waals surface area contributed by atoms with Crippen LogP contribution in [-0.2, 0) is 9.47 Å². The Hall–Kier alpha value is -3.45. The van der Waals surface area contributed by atoms with E-state index in [1.807, 2.05) is 30.3 Å². The highest BCUT2D eigenvalue weighted by Gasteiger charge is 2.23. The Morgan fingerprint density at radius 1 is 1.14 bits per heavy atom. The molecule has 142 valence electrons. The zero-order valence-electron chi connectivity index (χ0n) is 15.1. The normalized spacial score (nSPS) is 18.5. The molecule has 0 fully saturated rings. The van der Waals surface area contributed by atoms with Gasteiger partial charge < -0.3 is 9.47 Å². The maximum atomic E-state index is 12.3. The van der Waals surface area contributed by atoms with Crippen molar-refractivity contribution < 1.29 is 14.3 Å². The molecule has 3 aromatic rings. The van der Waals surface area contributed by atoms with Crippen molar-refractivity contribution in [2.24, 2.45) is 0 Å². The maximum absolute atomic E-state index is 12.3. The van der Waals surface area contributed by atoms with Crippen molar-refractivity contribution >= 4 is 16.7 Å². The van der Waals surface area contributed by atoms with Gasteiger partial charge in [0.15, 0.2) is 6.23 Å². The Morgan fingerprint density at radius 3 is 2.75 bits per heavy atom. The van der Waals surface area contributed by atoms with E-state index in [9.17, 15) is 14.4 Å². The number of carbonyl (C=O) groups excluding carboxylic acids is 1. The Bertz CT molecular complexity index is 1190. The van der Waals surface area contributed by atoms with E-state index in [2.05, 4.69) is 4.98 Å². The molecule has 7 nitrogen and oxygen atoms in total. The molecular weight excluding hydrogens is 360 g/mol. The van der Waals surface area contributed by atoms with Crippen LogP contribution in [0.5, 0.6) is 0 Å². The number of benzene rings is 2. The summed E-state index contributed by atoms with van der Waals surface area (Å²) in [5.74, 6) is -0.441. The number of fused-ring (bicyclic) bond motifs is 1. The highest BCUT2D eigenvalue weighted by atomic mass is 16.6. The van der Waals surface area contributed by atoms with Gasteiger partial charge in [-0.3, -0.25) is 14.3 Å². The lowest BCUT2D eigenvalue weighted by atomic mass is 10.1. The largest absolute Gasteiger partial charge is 0.459 e. The number of ether oxygens (including phenoxy) is 2. The van der Waals surface area contributed by atoms with Crippen LogP contribution in [0.1, 0.15) is 22.1 Å². The number of nitrogens with one attached hydrogen (secondary N) is 1. The van der Waals surface area contributed by atoms with Gasteiger partial charge in [-0.05, 0) is 35.9 Å². The molecule has 0 bridgehead atoms. The third-order valence-corrected chi connectivity index (χ3v) is 4.59. The number of carbonyl (C=O) groups is 1. The number of esters is 1. The standard InChI is InChI=1S/C21H18N2O5/c1-13-11-23(21(26)22-19(13)24)18-9-8-17(28-18)12-27-20(25)16-7-6-14-4-2-3-5-15(14)10-16/h2-11,17-18H,12H2,1H3,(H,22,24,26). The SMILES string of the molecule is Cc1cn(C2C=CC(COC(=O)c3ccc4ccccc4c3)O2)c(=O)[nH]c1=O. The van der Waals surface area contributed by atoms with Gasteiger partial charge >= 0.3 is 11.7 Å². The fourth-order valence-corrected chi connectivity index (χ4v) is 3.07. The molecule has 1 N–H and O–H groups in total. The molecular formula is C21H18N2O5. The van der Waals surface area contributed by atoms with Crippen molar-refractivity contribution in [3.8, 4) is 0 Å². The molecule has 28 heavy (non-hydrogen) atoms. The summed E-state index contributed by atoms with van der Waals surface area (Å²) >= 11 is 0. The first-order chi connectivity index (χ1) is 13.5. The number of nitrogens with zero attached hydrogens (tertiary/aromatic N) is 1. The summed E-state index contributed by atoms with van der Waals surface area (Å²) in [5.41, 5.74) is -0.115. The van der Waals surface area contributed by atoms with E-state index in [-0.39, 0.29) is 6.61 Å². The van der Waals surface area contributed by atoms with Crippen LogP contribution in [0, 0.1) is 6.92 Å². The minimum absolute atomic E-state index is 0.0236. The molecule has 0 amide bonds. The molecule has 1 aliphatic heterocycles. The van der Waals surface area contributed by atoms with Crippen LogP contribution in [0.4, 0.5) is 0 Å². The van der Waals surface area contributed by atoms with Gasteiger partial charge in [0.25, 0.3) is 5.56 Å². The van der Waals surface area contributed by atoms with E-state index in [0.29, 0.717) is 11.1 Å². The molecule has 4 rings (SSSR count). The van der Waals surface area contributed by atoms with Gasteiger partial charge in [0, 0.05) is 11.8 Å². The van der Waals surface area contributed by atoms with Gasteiger partial charge in [0.2, 0.25) is 0 Å². The monoisotopic (exact) mass is 378 g/mol. The molecule has 0 spiro atoms. The van der Waals surface area contributed by atoms with E-state index in [0.717, 1.165) is 10.8 Å². The lowest BCUT2D eigenvalue weighted by Gasteiger charge is -2.16. The Morgan fingerprint density at radius 2 is 1.93 bits per heavy atom. The Kier molecular flexibility index (Phi) is 4.67. The molecule has 2 unspecified atom stereocenters. The van der Waals surface area contributed by atoms with Gasteiger partial charge in [0.1, 0.15) is 12.7 Å². The Labute approximate surface area is 159 Å². The van der Waals surface area contributed by atoms with Crippen molar-refractivity contribution in [2.45, 2.75) is 19.3 Å². The van der Waals surface area contributed by atoms with Gasteiger partial charge in [0.05, 0.1) is 5.56 Å². The second-order valence-electron chi connectivity index (χ2n) is 6.59. The summed E-state index contributed by atoms with van der Waals surface area (Å²) in [5, 5.41) is 2.01. The second kappa shape index (κ2) is 7.28. The van der Waals surface area contributed by atoms with Crippen LogP contribution < -0.4 is 11.2 Å². The molecule has 1 aromatic heterocycles. The fourth-order valence-electron chi connectivity index (χ4n) is 3.07. The van der Waals surface area contributed by atoms with Crippen molar-refractivity contribution in [1.82, 2.24) is 9.55 Å². The van der Waals surface area contributed by atoms with Crippen LogP contribution in [0.2, 0.25) is 0 Å². The highest BCUT2D eigenvalue weighted by molar-refractivity contribution is 5.95. The lowest BCUT2D eigenvalue weighted by Crippen LogP contribution is -2.33. The van der Waals surface area contributed by atoms with E-state index in [1.165, 1.54) is 10.8 Å². The summed E-state index contributed by atoms with van der Waals surface area (Å²) < 4.78 is 12.4. The van der Waals surface area contributed by atoms with Gasteiger partial charge in [-0.1, -0.05) is 36.4 Å². The van der Waals surface area contributed by atoms with E-state index >= 15 is 0 Å². The predicted octanol–water partition coefficient (Wildman–Crippen LogP) is 2.31. The topological polar surface area (TPSA) is 90.4 Å². The van der Waals surface area contributed by atoms with Crippen molar-refractivity contribution in [3.63, 3.8) is 0 Å². The fraction of sp³-hybridized carbons (Fsp3) is 0.190. The van der Waals surface area contributed by atoms with Crippen LogP contribution in [-0.4, -0.2) is 28.2 Å². The van der Waals surface area contributed by atoms with Crippen molar-refractivity contribution in [3.05, 3.63) is 92.8 Å². The van der Waals surface area contributed by atoms with E-state index < -0.39 is 29.6 Å². The van der Waals surface area contributed by atoms with Crippen LogP contribution in [0.15, 0.2) is 70.4 Å². The third-order valence-electron chi connectivity index (χ3n) is 4.59. The summed E-state index contributed by atoms with van der Waals surface area (Å²) in [6.07, 6.45) is 3.72. The molecule has 7 heteroatoms. The second-order valence-corrected chi connectivity index (χ2v) is 6.59. The zero-order valence-corrected chi connectivity index (χ0v) is 15.1. The number of aromatic amines is 1. The molecule has 2 aromatic carbocycles. The molecule has 0 aliphatic carbocycles. The average molecular weight is 378 g/mol. The number of aryl methyl sites for hydroxylation is 1. The first kappa shape index (κ1) is 17.9. The third kappa shape index (κ3) is 3.52. The quantitative estimate of drug-likeness (QED) is 0.556. The lowest BCUT2D eigenvalue weighted by molar-refractivity contribution is -0.0223. The number of hydrogen-bond donors (Lipinski definition) is 1. The van der Waals surface area contributed by atoms with Gasteiger partial charge in [-0.25, -0.2) is 9.59 Å².